The minimum absolute atomic E-state index is 0.0175. The van der Waals surface area contributed by atoms with Gasteiger partial charge in [-0.2, -0.15) is 0 Å². The highest BCUT2D eigenvalue weighted by Gasteiger charge is 2.27. The van der Waals surface area contributed by atoms with Crippen molar-refractivity contribution in [2.75, 3.05) is 31.1 Å². The van der Waals surface area contributed by atoms with Gasteiger partial charge in [-0.15, -0.1) is 0 Å². The lowest BCUT2D eigenvalue weighted by Gasteiger charge is -2.36. The van der Waals surface area contributed by atoms with Crippen LogP contribution in [-0.2, 0) is 9.59 Å². The highest BCUT2D eigenvalue weighted by Crippen LogP contribution is 2.20. The molecular formula is C16H22FN3O2. The van der Waals surface area contributed by atoms with Crippen LogP contribution in [0.1, 0.15) is 20.3 Å². The first-order valence-electron chi connectivity index (χ1n) is 7.62. The van der Waals surface area contributed by atoms with E-state index >= 15 is 0 Å². The second kappa shape index (κ2) is 7.24. The summed E-state index contributed by atoms with van der Waals surface area (Å²) in [6, 6.07) is 6.57. The number of rotatable bonds is 3. The second-order valence-electron chi connectivity index (χ2n) is 5.51. The molecule has 0 saturated carbocycles. The van der Waals surface area contributed by atoms with Crippen LogP contribution < -0.4 is 10.2 Å². The van der Waals surface area contributed by atoms with Gasteiger partial charge in [0.05, 0.1) is 5.69 Å². The van der Waals surface area contributed by atoms with E-state index in [1.54, 1.807) is 18.2 Å². The summed E-state index contributed by atoms with van der Waals surface area (Å²) < 4.78 is 13.8. The van der Waals surface area contributed by atoms with Gasteiger partial charge in [0.1, 0.15) is 5.82 Å². The summed E-state index contributed by atoms with van der Waals surface area (Å²) in [6.07, 6.45) is 0.778. The third-order valence-corrected chi connectivity index (χ3v) is 3.94. The Bertz CT molecular complexity index is 542. The van der Waals surface area contributed by atoms with Crippen LogP contribution in [0.5, 0.6) is 0 Å². The number of para-hydroxylation sites is 1. The summed E-state index contributed by atoms with van der Waals surface area (Å²) in [5.41, 5.74) is 0.540. The summed E-state index contributed by atoms with van der Waals surface area (Å²) in [5, 5.41) is 2.67. The van der Waals surface area contributed by atoms with E-state index in [9.17, 15) is 14.0 Å². The molecular weight excluding hydrogens is 285 g/mol. The molecule has 1 fully saturated rings. The van der Waals surface area contributed by atoms with Crippen molar-refractivity contribution >= 4 is 17.5 Å². The molecule has 6 heteroatoms. The maximum atomic E-state index is 13.8. The summed E-state index contributed by atoms with van der Waals surface area (Å²) in [6.45, 7) is 5.68. The highest BCUT2D eigenvalue weighted by atomic mass is 19.1. The van der Waals surface area contributed by atoms with Gasteiger partial charge < -0.3 is 15.1 Å². The standard InChI is InChI=1S/C16H22FN3O2/c1-3-12(2)18-15(21)16(22)20-10-8-19(9-11-20)14-7-5-4-6-13(14)17/h4-7,12H,3,8-11H2,1-2H3,(H,18,21). The number of piperazine rings is 1. The van der Waals surface area contributed by atoms with Gasteiger partial charge in [0, 0.05) is 32.2 Å². The van der Waals surface area contributed by atoms with Crippen molar-refractivity contribution in [1.82, 2.24) is 10.2 Å². The Labute approximate surface area is 130 Å². The molecule has 2 rings (SSSR count). The Hall–Kier alpha value is -2.11. The average Bonchev–Trinajstić information content (AvgIpc) is 2.54. The van der Waals surface area contributed by atoms with Crippen LogP contribution in [0, 0.1) is 5.82 Å². The normalized spacial score (nSPS) is 16.3. The van der Waals surface area contributed by atoms with Crippen LogP contribution in [-0.4, -0.2) is 48.9 Å². The molecule has 5 nitrogen and oxygen atoms in total. The number of carbonyl (C=O) groups is 2. The zero-order valence-corrected chi connectivity index (χ0v) is 13.0. The Morgan fingerprint density at radius 1 is 1.23 bits per heavy atom. The lowest BCUT2D eigenvalue weighted by Crippen LogP contribution is -2.53. The van der Waals surface area contributed by atoms with E-state index < -0.39 is 11.8 Å². The van der Waals surface area contributed by atoms with E-state index in [4.69, 9.17) is 0 Å². The van der Waals surface area contributed by atoms with Crippen molar-refractivity contribution in [3.63, 3.8) is 0 Å². The van der Waals surface area contributed by atoms with Crippen LogP contribution in [0.25, 0.3) is 0 Å². The topological polar surface area (TPSA) is 52.7 Å². The van der Waals surface area contributed by atoms with E-state index in [0.29, 0.717) is 31.9 Å². The van der Waals surface area contributed by atoms with Crippen molar-refractivity contribution < 1.29 is 14.0 Å². The van der Waals surface area contributed by atoms with Crippen molar-refractivity contribution in [3.05, 3.63) is 30.1 Å². The molecule has 1 N–H and O–H groups in total. The van der Waals surface area contributed by atoms with Crippen LogP contribution in [0.3, 0.4) is 0 Å². The quantitative estimate of drug-likeness (QED) is 0.859. The zero-order chi connectivity index (χ0) is 16.1. The van der Waals surface area contributed by atoms with E-state index in [1.807, 2.05) is 18.7 Å². The van der Waals surface area contributed by atoms with E-state index in [-0.39, 0.29) is 11.9 Å². The van der Waals surface area contributed by atoms with E-state index in [1.165, 1.54) is 11.0 Å². The van der Waals surface area contributed by atoms with Crippen molar-refractivity contribution in [2.24, 2.45) is 0 Å². The molecule has 1 aliphatic rings. The third kappa shape index (κ3) is 3.75. The zero-order valence-electron chi connectivity index (χ0n) is 13.0. The maximum absolute atomic E-state index is 13.8. The van der Waals surface area contributed by atoms with Crippen LogP contribution in [0.4, 0.5) is 10.1 Å². The largest absolute Gasteiger partial charge is 0.366 e. The SMILES string of the molecule is CCC(C)NC(=O)C(=O)N1CCN(c2ccccc2F)CC1. The number of hydrogen-bond acceptors (Lipinski definition) is 3. The molecule has 1 atom stereocenters. The molecule has 0 spiro atoms. The lowest BCUT2D eigenvalue weighted by molar-refractivity contribution is -0.146. The maximum Gasteiger partial charge on any atom is 0.312 e. The Balaban J connectivity index is 1.90. The molecule has 22 heavy (non-hydrogen) atoms. The van der Waals surface area contributed by atoms with Crippen molar-refractivity contribution in [1.29, 1.82) is 0 Å². The number of halogens is 1. The van der Waals surface area contributed by atoms with Gasteiger partial charge in [-0.25, -0.2) is 4.39 Å². The number of nitrogens with zero attached hydrogens (tertiary/aromatic N) is 2. The number of nitrogens with one attached hydrogen (secondary N) is 1. The lowest BCUT2D eigenvalue weighted by atomic mass is 10.2. The summed E-state index contributed by atoms with van der Waals surface area (Å²) in [4.78, 5) is 27.3. The fourth-order valence-corrected chi connectivity index (χ4v) is 2.39. The first kappa shape index (κ1) is 16.3. The number of anilines is 1. The fraction of sp³-hybridized carbons (Fsp3) is 0.500. The van der Waals surface area contributed by atoms with Gasteiger partial charge in [-0.05, 0) is 25.5 Å². The molecule has 1 aliphatic heterocycles. The van der Waals surface area contributed by atoms with Gasteiger partial charge >= 0.3 is 11.8 Å². The van der Waals surface area contributed by atoms with Crippen LogP contribution in [0.15, 0.2) is 24.3 Å². The van der Waals surface area contributed by atoms with Gasteiger partial charge in [0.2, 0.25) is 0 Å². The molecule has 1 aromatic rings. The molecule has 0 aromatic heterocycles. The summed E-state index contributed by atoms with van der Waals surface area (Å²) >= 11 is 0. The third-order valence-electron chi connectivity index (χ3n) is 3.94. The molecule has 0 bridgehead atoms. The minimum atomic E-state index is -0.561. The molecule has 1 heterocycles. The Morgan fingerprint density at radius 2 is 1.86 bits per heavy atom. The average molecular weight is 307 g/mol. The van der Waals surface area contributed by atoms with E-state index in [0.717, 1.165) is 6.42 Å². The first-order chi connectivity index (χ1) is 10.5. The second-order valence-corrected chi connectivity index (χ2v) is 5.51. The molecule has 0 radical (unpaired) electrons. The summed E-state index contributed by atoms with van der Waals surface area (Å²) in [5.74, 6) is -1.33. The molecule has 0 aliphatic carbocycles. The van der Waals surface area contributed by atoms with Crippen molar-refractivity contribution in [2.45, 2.75) is 26.3 Å². The molecule has 2 amide bonds. The number of carbonyl (C=O) groups excluding carboxylic acids is 2. The van der Waals surface area contributed by atoms with Crippen LogP contribution >= 0.6 is 0 Å². The predicted molar refractivity (Wildman–Crippen MR) is 83.1 cm³/mol. The fourth-order valence-electron chi connectivity index (χ4n) is 2.39. The first-order valence-corrected chi connectivity index (χ1v) is 7.62. The monoisotopic (exact) mass is 307 g/mol. The molecule has 120 valence electrons. The number of amides is 2. The Morgan fingerprint density at radius 3 is 2.45 bits per heavy atom. The summed E-state index contributed by atoms with van der Waals surface area (Å²) in [7, 11) is 0. The highest BCUT2D eigenvalue weighted by molar-refractivity contribution is 6.35. The van der Waals surface area contributed by atoms with Gasteiger partial charge in [-0.1, -0.05) is 19.1 Å². The number of hydrogen-bond donors (Lipinski definition) is 1. The predicted octanol–water partition coefficient (Wildman–Crippen LogP) is 1.39. The molecule has 1 aromatic carbocycles. The molecule has 1 saturated heterocycles. The van der Waals surface area contributed by atoms with Gasteiger partial charge in [0.15, 0.2) is 0 Å². The Kier molecular flexibility index (Phi) is 5.35. The number of benzene rings is 1. The van der Waals surface area contributed by atoms with Gasteiger partial charge in [0.25, 0.3) is 0 Å². The van der Waals surface area contributed by atoms with Crippen molar-refractivity contribution in [3.8, 4) is 0 Å². The van der Waals surface area contributed by atoms with Gasteiger partial charge in [-0.3, -0.25) is 9.59 Å². The van der Waals surface area contributed by atoms with Crippen LogP contribution in [0.2, 0.25) is 0 Å². The smallest absolute Gasteiger partial charge is 0.312 e. The molecule has 1 unspecified atom stereocenters. The van der Waals surface area contributed by atoms with E-state index in [2.05, 4.69) is 5.32 Å². The minimum Gasteiger partial charge on any atom is -0.366 e.